The van der Waals surface area contributed by atoms with Crippen LogP contribution in [0.25, 0.3) is 5.57 Å². The van der Waals surface area contributed by atoms with E-state index in [9.17, 15) is 4.79 Å². The van der Waals surface area contributed by atoms with Gasteiger partial charge >= 0.3 is 0 Å². The fourth-order valence-corrected chi connectivity index (χ4v) is 1.63. The minimum absolute atomic E-state index is 0.0200. The molecule has 3 heteroatoms. The average Bonchev–Trinajstić information content (AvgIpc) is 2.60. The van der Waals surface area contributed by atoms with E-state index in [2.05, 4.69) is 4.98 Å². The van der Waals surface area contributed by atoms with Crippen molar-refractivity contribution in [1.29, 1.82) is 0 Å². The number of hydrogen-bond acceptors (Lipinski definition) is 2. The van der Waals surface area contributed by atoms with Crippen molar-refractivity contribution in [3.05, 3.63) is 35.7 Å². The number of aromatic nitrogens is 1. The van der Waals surface area contributed by atoms with E-state index in [0.717, 1.165) is 23.3 Å². The van der Waals surface area contributed by atoms with Crippen molar-refractivity contribution >= 4 is 23.0 Å². The number of halogens is 1. The van der Waals surface area contributed by atoms with Gasteiger partial charge in [0.2, 0.25) is 0 Å². The Morgan fingerprint density at radius 3 is 3.23 bits per heavy atom. The highest BCUT2D eigenvalue weighted by Gasteiger charge is 2.19. The molecule has 0 saturated heterocycles. The summed E-state index contributed by atoms with van der Waals surface area (Å²) in [7, 11) is 0. The lowest BCUT2D eigenvalue weighted by molar-refractivity contribution is -0.111. The van der Waals surface area contributed by atoms with Crippen molar-refractivity contribution in [2.75, 3.05) is 5.88 Å². The summed E-state index contributed by atoms with van der Waals surface area (Å²) in [6, 6.07) is 3.74. The number of rotatable bonds is 2. The SMILES string of the molecule is O=C(CCl)C1=CCc2ncccc21. The summed E-state index contributed by atoms with van der Waals surface area (Å²) in [5, 5.41) is 0. The van der Waals surface area contributed by atoms with Crippen LogP contribution in [0.15, 0.2) is 24.4 Å². The number of nitrogens with zero attached hydrogens (tertiary/aromatic N) is 1. The van der Waals surface area contributed by atoms with Crippen LogP contribution in [-0.2, 0) is 11.2 Å². The predicted molar refractivity (Wildman–Crippen MR) is 51.6 cm³/mol. The number of hydrogen-bond donors (Lipinski definition) is 0. The van der Waals surface area contributed by atoms with Gasteiger partial charge in [0.25, 0.3) is 0 Å². The van der Waals surface area contributed by atoms with Crippen LogP contribution >= 0.6 is 11.6 Å². The van der Waals surface area contributed by atoms with Gasteiger partial charge in [0.05, 0.1) is 11.6 Å². The van der Waals surface area contributed by atoms with Gasteiger partial charge in [-0.25, -0.2) is 0 Å². The van der Waals surface area contributed by atoms with Crippen LogP contribution in [0.5, 0.6) is 0 Å². The number of carbonyl (C=O) groups is 1. The van der Waals surface area contributed by atoms with E-state index in [4.69, 9.17) is 11.6 Å². The van der Waals surface area contributed by atoms with Gasteiger partial charge < -0.3 is 0 Å². The van der Waals surface area contributed by atoms with E-state index in [0.29, 0.717) is 0 Å². The Bertz CT molecular complexity index is 384. The Labute approximate surface area is 81.2 Å². The highest BCUT2D eigenvalue weighted by atomic mass is 35.5. The Hall–Kier alpha value is -1.15. The lowest BCUT2D eigenvalue weighted by atomic mass is 10.1. The van der Waals surface area contributed by atoms with Crippen molar-refractivity contribution in [2.45, 2.75) is 6.42 Å². The van der Waals surface area contributed by atoms with Crippen molar-refractivity contribution in [2.24, 2.45) is 0 Å². The standard InChI is InChI=1S/C10H8ClNO/c11-6-10(13)8-3-4-9-7(8)2-1-5-12-9/h1-3,5H,4,6H2. The monoisotopic (exact) mass is 193 g/mol. The zero-order valence-corrected chi connectivity index (χ0v) is 7.71. The molecule has 0 aliphatic heterocycles. The Morgan fingerprint density at radius 1 is 1.62 bits per heavy atom. The third-order valence-electron chi connectivity index (χ3n) is 2.10. The fourth-order valence-electron chi connectivity index (χ4n) is 1.49. The molecule has 0 saturated carbocycles. The molecule has 1 aliphatic rings. The molecule has 0 N–H and O–H groups in total. The maximum absolute atomic E-state index is 11.3. The fraction of sp³-hybridized carbons (Fsp3) is 0.200. The van der Waals surface area contributed by atoms with Gasteiger partial charge in [0.1, 0.15) is 0 Å². The van der Waals surface area contributed by atoms with Gasteiger partial charge in [0.15, 0.2) is 5.78 Å². The molecular formula is C10H8ClNO. The second-order valence-corrected chi connectivity index (χ2v) is 3.14. The molecule has 1 aromatic rings. The van der Waals surface area contributed by atoms with Gasteiger partial charge in [0, 0.05) is 23.8 Å². The van der Waals surface area contributed by atoms with E-state index < -0.39 is 0 Å². The molecule has 66 valence electrons. The first-order chi connectivity index (χ1) is 6.33. The lowest BCUT2D eigenvalue weighted by Crippen LogP contribution is -2.01. The Morgan fingerprint density at radius 2 is 2.46 bits per heavy atom. The van der Waals surface area contributed by atoms with Crippen LogP contribution in [-0.4, -0.2) is 16.6 Å². The summed E-state index contributed by atoms with van der Waals surface area (Å²) in [4.78, 5) is 15.5. The summed E-state index contributed by atoms with van der Waals surface area (Å²) in [5.41, 5.74) is 2.63. The molecule has 0 bridgehead atoms. The number of Topliss-reactive ketones (excluding diaryl/α,β-unsaturated/α-hetero) is 1. The van der Waals surface area contributed by atoms with Gasteiger partial charge in [-0.15, -0.1) is 11.6 Å². The van der Waals surface area contributed by atoms with Crippen molar-refractivity contribution < 1.29 is 4.79 Å². The smallest absolute Gasteiger partial charge is 0.177 e. The van der Waals surface area contributed by atoms with Gasteiger partial charge in [-0.1, -0.05) is 12.1 Å². The van der Waals surface area contributed by atoms with Gasteiger partial charge in [-0.2, -0.15) is 0 Å². The summed E-state index contributed by atoms with van der Waals surface area (Å²) < 4.78 is 0. The van der Waals surface area contributed by atoms with Crippen LogP contribution < -0.4 is 0 Å². The maximum atomic E-state index is 11.3. The molecule has 1 heterocycles. The minimum atomic E-state index is -0.0200. The molecule has 0 spiro atoms. The molecule has 0 amide bonds. The molecule has 1 aromatic heterocycles. The van der Waals surface area contributed by atoms with E-state index in [-0.39, 0.29) is 11.7 Å². The lowest BCUT2D eigenvalue weighted by Gasteiger charge is -2.00. The Balaban J connectivity index is 2.41. The number of ketones is 1. The number of carbonyl (C=O) groups excluding carboxylic acids is 1. The first-order valence-electron chi connectivity index (χ1n) is 4.06. The zero-order valence-electron chi connectivity index (χ0n) is 6.96. The second kappa shape index (κ2) is 3.30. The van der Waals surface area contributed by atoms with Crippen LogP contribution in [0, 0.1) is 0 Å². The van der Waals surface area contributed by atoms with Crippen LogP contribution in [0.3, 0.4) is 0 Å². The van der Waals surface area contributed by atoms with E-state index >= 15 is 0 Å². The van der Waals surface area contributed by atoms with Gasteiger partial charge in [-0.05, 0) is 6.07 Å². The maximum Gasteiger partial charge on any atom is 0.177 e. The number of pyridine rings is 1. The van der Waals surface area contributed by atoms with Crippen molar-refractivity contribution in [3.8, 4) is 0 Å². The molecule has 13 heavy (non-hydrogen) atoms. The molecule has 2 nitrogen and oxygen atoms in total. The Kier molecular flexibility index (Phi) is 2.15. The van der Waals surface area contributed by atoms with Crippen LogP contribution in [0.2, 0.25) is 0 Å². The number of fused-ring (bicyclic) bond motifs is 1. The molecule has 0 unspecified atom stereocenters. The summed E-state index contributed by atoms with van der Waals surface area (Å²) in [5.74, 6) is 0.0218. The predicted octanol–water partition coefficient (Wildman–Crippen LogP) is 1.83. The van der Waals surface area contributed by atoms with E-state index in [1.165, 1.54) is 0 Å². The van der Waals surface area contributed by atoms with Crippen molar-refractivity contribution in [1.82, 2.24) is 4.98 Å². The molecule has 0 radical (unpaired) electrons. The number of alkyl halides is 1. The third kappa shape index (κ3) is 1.38. The van der Waals surface area contributed by atoms with Crippen molar-refractivity contribution in [3.63, 3.8) is 0 Å². The molecule has 0 aromatic carbocycles. The summed E-state index contributed by atoms with van der Waals surface area (Å²) >= 11 is 5.49. The molecule has 0 atom stereocenters. The molecular weight excluding hydrogens is 186 g/mol. The van der Waals surface area contributed by atoms with Gasteiger partial charge in [-0.3, -0.25) is 9.78 Å². The highest BCUT2D eigenvalue weighted by molar-refractivity contribution is 6.38. The molecule has 1 aliphatic carbocycles. The zero-order chi connectivity index (χ0) is 9.26. The summed E-state index contributed by atoms with van der Waals surface area (Å²) in [6.45, 7) is 0. The first-order valence-corrected chi connectivity index (χ1v) is 4.60. The largest absolute Gasteiger partial charge is 0.293 e. The normalized spacial score (nSPS) is 13.8. The quantitative estimate of drug-likeness (QED) is 0.671. The molecule has 0 fully saturated rings. The van der Waals surface area contributed by atoms with E-state index in [1.807, 2.05) is 18.2 Å². The average molecular weight is 194 g/mol. The minimum Gasteiger partial charge on any atom is -0.293 e. The van der Waals surface area contributed by atoms with Crippen LogP contribution in [0.1, 0.15) is 11.3 Å². The first kappa shape index (κ1) is 8.45. The highest BCUT2D eigenvalue weighted by Crippen LogP contribution is 2.26. The van der Waals surface area contributed by atoms with E-state index in [1.54, 1.807) is 6.20 Å². The topological polar surface area (TPSA) is 30.0 Å². The third-order valence-corrected chi connectivity index (χ3v) is 2.34. The van der Waals surface area contributed by atoms with Crippen LogP contribution in [0.4, 0.5) is 0 Å². The summed E-state index contributed by atoms with van der Waals surface area (Å²) in [6.07, 6.45) is 4.37. The molecule has 2 rings (SSSR count). The second-order valence-electron chi connectivity index (χ2n) is 2.88. The number of allylic oxidation sites excluding steroid dienone is 2.